The topological polar surface area (TPSA) is 39.4 Å². The zero-order valence-corrected chi connectivity index (χ0v) is 6.87. The van der Waals surface area contributed by atoms with Crippen molar-refractivity contribution in [1.29, 1.82) is 0 Å². The number of hydrogen-bond donors (Lipinski definition) is 0. The van der Waals surface area contributed by atoms with Gasteiger partial charge in [-0.25, -0.2) is 4.79 Å². The van der Waals surface area contributed by atoms with Gasteiger partial charge in [-0.1, -0.05) is 12.7 Å². The molecule has 0 aromatic carbocycles. The van der Waals surface area contributed by atoms with Gasteiger partial charge in [-0.05, 0) is 6.92 Å². The highest BCUT2D eigenvalue weighted by Crippen LogP contribution is 2.08. The summed E-state index contributed by atoms with van der Waals surface area (Å²) >= 11 is 0. The maximum Gasteiger partial charge on any atom is 0.339 e. The minimum absolute atomic E-state index is 0.392. The zero-order valence-electron chi connectivity index (χ0n) is 6.87. The van der Waals surface area contributed by atoms with Gasteiger partial charge in [-0.2, -0.15) is 0 Å². The molecule has 1 aromatic rings. The average molecular weight is 166 g/mol. The van der Waals surface area contributed by atoms with Crippen LogP contribution in [0.1, 0.15) is 5.76 Å². The molecule has 1 aromatic heterocycles. The Morgan fingerprint density at radius 2 is 2.42 bits per heavy atom. The van der Waals surface area contributed by atoms with Crippen LogP contribution in [0.25, 0.3) is 0 Å². The summed E-state index contributed by atoms with van der Waals surface area (Å²) in [7, 11) is 0. The van der Waals surface area contributed by atoms with Gasteiger partial charge in [0.2, 0.25) is 0 Å². The van der Waals surface area contributed by atoms with E-state index in [4.69, 9.17) is 9.15 Å². The lowest BCUT2D eigenvalue weighted by Crippen LogP contribution is -2.01. The quantitative estimate of drug-likeness (QED) is 0.639. The van der Waals surface area contributed by atoms with Gasteiger partial charge < -0.3 is 9.15 Å². The Labute approximate surface area is 70.3 Å². The molecule has 3 heteroatoms. The summed E-state index contributed by atoms with van der Waals surface area (Å²) in [6.07, 6.45) is 1.62. The SMILES string of the molecule is C=CCOc1cc(C)oc(=O)c1. The van der Waals surface area contributed by atoms with Gasteiger partial charge in [0.15, 0.2) is 0 Å². The monoisotopic (exact) mass is 166 g/mol. The fraction of sp³-hybridized carbons (Fsp3) is 0.222. The van der Waals surface area contributed by atoms with Crippen LogP contribution in [0, 0.1) is 6.92 Å². The highest BCUT2D eigenvalue weighted by molar-refractivity contribution is 5.19. The van der Waals surface area contributed by atoms with Crippen molar-refractivity contribution in [2.45, 2.75) is 6.92 Å². The maximum atomic E-state index is 10.8. The fourth-order valence-electron chi connectivity index (χ4n) is 0.814. The van der Waals surface area contributed by atoms with Crippen molar-refractivity contribution < 1.29 is 9.15 Å². The standard InChI is InChI=1S/C9H10O3/c1-3-4-11-8-5-7(2)12-9(10)6-8/h3,5-6H,1,4H2,2H3. The highest BCUT2D eigenvalue weighted by atomic mass is 16.5. The zero-order chi connectivity index (χ0) is 8.97. The Bertz CT molecular complexity index is 325. The van der Waals surface area contributed by atoms with Crippen molar-refractivity contribution in [2.24, 2.45) is 0 Å². The Hall–Kier alpha value is -1.51. The second-order valence-electron chi connectivity index (χ2n) is 2.32. The molecule has 0 radical (unpaired) electrons. The molecule has 1 heterocycles. The smallest absolute Gasteiger partial charge is 0.339 e. The summed E-state index contributed by atoms with van der Waals surface area (Å²) in [5, 5.41) is 0. The van der Waals surface area contributed by atoms with Crippen molar-refractivity contribution in [3.05, 3.63) is 41.0 Å². The van der Waals surface area contributed by atoms with E-state index >= 15 is 0 Å². The first kappa shape index (κ1) is 8.59. The van der Waals surface area contributed by atoms with Crippen LogP contribution in [0.3, 0.4) is 0 Å². The van der Waals surface area contributed by atoms with Gasteiger partial charge in [0, 0.05) is 6.07 Å². The third kappa shape index (κ3) is 2.27. The van der Waals surface area contributed by atoms with Crippen LogP contribution >= 0.6 is 0 Å². The van der Waals surface area contributed by atoms with Crippen molar-refractivity contribution >= 4 is 0 Å². The van der Waals surface area contributed by atoms with E-state index in [9.17, 15) is 4.79 Å². The van der Waals surface area contributed by atoms with Gasteiger partial charge in [-0.15, -0.1) is 0 Å². The molecule has 0 aliphatic rings. The van der Waals surface area contributed by atoms with Gasteiger partial charge >= 0.3 is 5.63 Å². The lowest BCUT2D eigenvalue weighted by molar-refractivity contribution is 0.353. The fourth-order valence-corrected chi connectivity index (χ4v) is 0.814. The molecule has 0 amide bonds. The molecule has 1 rings (SSSR count). The predicted molar refractivity (Wildman–Crippen MR) is 45.4 cm³/mol. The summed E-state index contributed by atoms with van der Waals surface area (Å²) in [5.74, 6) is 1.06. The molecule has 0 fully saturated rings. The maximum absolute atomic E-state index is 10.8. The summed E-state index contributed by atoms with van der Waals surface area (Å²) in [6.45, 7) is 5.58. The molecular weight excluding hydrogens is 156 g/mol. The molecule has 0 saturated carbocycles. The van der Waals surface area contributed by atoms with Gasteiger partial charge in [0.1, 0.15) is 18.1 Å². The second kappa shape index (κ2) is 3.76. The molecule has 0 atom stereocenters. The Kier molecular flexibility index (Phi) is 2.69. The van der Waals surface area contributed by atoms with E-state index < -0.39 is 5.63 Å². The van der Waals surface area contributed by atoms with Crippen molar-refractivity contribution in [3.63, 3.8) is 0 Å². The largest absolute Gasteiger partial charge is 0.489 e. The number of aryl methyl sites for hydroxylation is 1. The summed E-state index contributed by atoms with van der Waals surface area (Å²) < 4.78 is 9.88. The molecule has 3 nitrogen and oxygen atoms in total. The van der Waals surface area contributed by atoms with Crippen LogP contribution in [0.2, 0.25) is 0 Å². The molecule has 0 unspecified atom stereocenters. The molecule has 0 aliphatic heterocycles. The molecular formula is C9H10O3. The molecule has 0 aliphatic carbocycles. The van der Waals surface area contributed by atoms with Crippen LogP contribution in [0.5, 0.6) is 5.75 Å². The van der Waals surface area contributed by atoms with E-state index in [0.717, 1.165) is 0 Å². The van der Waals surface area contributed by atoms with E-state index in [1.165, 1.54) is 6.07 Å². The first-order valence-electron chi connectivity index (χ1n) is 3.58. The number of ether oxygens (including phenoxy) is 1. The van der Waals surface area contributed by atoms with Crippen LogP contribution < -0.4 is 10.4 Å². The normalized spacial score (nSPS) is 9.42. The second-order valence-corrected chi connectivity index (χ2v) is 2.32. The van der Waals surface area contributed by atoms with Gasteiger partial charge in [-0.3, -0.25) is 0 Å². The number of hydrogen-bond acceptors (Lipinski definition) is 3. The van der Waals surface area contributed by atoms with Crippen LogP contribution in [0.4, 0.5) is 0 Å². The van der Waals surface area contributed by atoms with Gasteiger partial charge in [0.05, 0.1) is 6.07 Å². The van der Waals surface area contributed by atoms with E-state index in [1.807, 2.05) is 0 Å². The summed E-state index contributed by atoms with van der Waals surface area (Å²) in [5.41, 5.74) is -0.394. The Morgan fingerprint density at radius 1 is 1.67 bits per heavy atom. The summed E-state index contributed by atoms with van der Waals surface area (Å²) in [6, 6.07) is 2.96. The van der Waals surface area contributed by atoms with Crippen molar-refractivity contribution in [3.8, 4) is 5.75 Å². The molecule has 0 N–H and O–H groups in total. The average Bonchev–Trinajstić information content (AvgIpc) is 1.99. The lowest BCUT2D eigenvalue weighted by Gasteiger charge is -2.01. The minimum Gasteiger partial charge on any atom is -0.489 e. The first-order chi connectivity index (χ1) is 5.72. The summed E-state index contributed by atoms with van der Waals surface area (Å²) in [4.78, 5) is 10.8. The molecule has 0 bridgehead atoms. The Morgan fingerprint density at radius 3 is 3.00 bits per heavy atom. The van der Waals surface area contributed by atoms with Crippen molar-refractivity contribution in [1.82, 2.24) is 0 Å². The third-order valence-corrected chi connectivity index (χ3v) is 1.24. The van der Waals surface area contributed by atoms with E-state index in [1.54, 1.807) is 19.1 Å². The third-order valence-electron chi connectivity index (χ3n) is 1.24. The molecule has 0 saturated heterocycles. The Balaban J connectivity index is 2.85. The van der Waals surface area contributed by atoms with Gasteiger partial charge in [0.25, 0.3) is 0 Å². The predicted octanol–water partition coefficient (Wildman–Crippen LogP) is 1.51. The first-order valence-corrected chi connectivity index (χ1v) is 3.58. The highest BCUT2D eigenvalue weighted by Gasteiger charge is 1.96. The van der Waals surface area contributed by atoms with E-state index in [2.05, 4.69) is 6.58 Å². The van der Waals surface area contributed by atoms with Crippen LogP contribution in [0.15, 0.2) is 34.0 Å². The molecule has 64 valence electrons. The molecule has 12 heavy (non-hydrogen) atoms. The van der Waals surface area contributed by atoms with E-state index in [-0.39, 0.29) is 0 Å². The molecule has 0 spiro atoms. The van der Waals surface area contributed by atoms with Crippen LogP contribution in [-0.2, 0) is 0 Å². The lowest BCUT2D eigenvalue weighted by atomic mass is 10.4. The van der Waals surface area contributed by atoms with Crippen molar-refractivity contribution in [2.75, 3.05) is 6.61 Å². The number of rotatable bonds is 3. The van der Waals surface area contributed by atoms with Crippen LogP contribution in [-0.4, -0.2) is 6.61 Å². The minimum atomic E-state index is -0.394. The van der Waals surface area contributed by atoms with E-state index in [0.29, 0.717) is 18.1 Å².